The predicted octanol–water partition coefficient (Wildman–Crippen LogP) is 0.150. The van der Waals surface area contributed by atoms with Gasteiger partial charge >= 0.3 is 11.9 Å². The van der Waals surface area contributed by atoms with Crippen LogP contribution in [-0.4, -0.2) is 47.4 Å². The number of aliphatic imine (C=N–C) groups is 2. The van der Waals surface area contributed by atoms with Crippen molar-refractivity contribution in [3.8, 4) is 0 Å². The van der Waals surface area contributed by atoms with Gasteiger partial charge in [0.05, 0.1) is 13.1 Å². The van der Waals surface area contributed by atoms with Crippen LogP contribution in [0.25, 0.3) is 0 Å². The number of hydrogen-bond donors (Lipinski definition) is 2. The Hall–Kier alpha value is -2.56. The molecule has 0 aliphatic carbocycles. The van der Waals surface area contributed by atoms with Crippen molar-refractivity contribution < 1.29 is 29.4 Å². The zero-order chi connectivity index (χ0) is 14.7. The van der Waals surface area contributed by atoms with E-state index in [-0.39, 0.29) is 31.5 Å². The molecule has 0 rings (SSSR count). The molecule has 0 aromatic carbocycles. The van der Waals surface area contributed by atoms with Crippen LogP contribution in [0.1, 0.15) is 12.8 Å². The topological polar surface area (TPSA) is 133 Å². The largest absolute Gasteiger partial charge is 0.478 e. The first-order valence-electron chi connectivity index (χ1n) is 5.28. The van der Waals surface area contributed by atoms with Crippen molar-refractivity contribution in [3.63, 3.8) is 0 Å². The van der Waals surface area contributed by atoms with E-state index in [0.29, 0.717) is 6.08 Å². The van der Waals surface area contributed by atoms with Crippen LogP contribution < -0.4 is 0 Å². The maximum Gasteiger partial charge on any atom is 0.332 e. The van der Waals surface area contributed by atoms with Gasteiger partial charge in [0, 0.05) is 11.6 Å². The van der Waals surface area contributed by atoms with Crippen molar-refractivity contribution >= 4 is 24.1 Å². The molecule has 8 nitrogen and oxygen atoms in total. The number of hydrogen-bond acceptors (Lipinski definition) is 6. The third kappa shape index (κ3) is 7.38. The summed E-state index contributed by atoms with van der Waals surface area (Å²) < 4.78 is 0. The Morgan fingerprint density at radius 2 is 1.53 bits per heavy atom. The lowest BCUT2D eigenvalue weighted by molar-refractivity contribution is -0.135. The average Bonchev–Trinajstić information content (AvgIpc) is 2.34. The number of rotatable bonds is 9. The summed E-state index contributed by atoms with van der Waals surface area (Å²) in [6.07, 6.45) is 3.49. The van der Waals surface area contributed by atoms with Crippen LogP contribution in [0.4, 0.5) is 0 Å². The van der Waals surface area contributed by atoms with E-state index < -0.39 is 17.9 Å². The van der Waals surface area contributed by atoms with Crippen LogP contribution in [-0.2, 0) is 19.2 Å². The molecule has 0 bridgehead atoms. The Kier molecular flexibility index (Phi) is 8.19. The minimum atomic E-state index is -1.39. The maximum atomic E-state index is 11.0. The number of carboxylic acids is 2. The average molecular weight is 268 g/mol. The lowest BCUT2D eigenvalue weighted by Gasteiger charge is -2.14. The molecule has 19 heavy (non-hydrogen) atoms. The summed E-state index contributed by atoms with van der Waals surface area (Å²) >= 11 is 0. The molecule has 0 atom stereocenters. The van der Waals surface area contributed by atoms with Gasteiger partial charge in [0.25, 0.3) is 0 Å². The molecular weight excluding hydrogens is 256 g/mol. The number of carbonyl (C=O) groups excluding carboxylic acids is 2. The summed E-state index contributed by atoms with van der Waals surface area (Å²) in [4.78, 5) is 48.0. The molecule has 102 valence electrons. The van der Waals surface area contributed by atoms with E-state index in [1.807, 2.05) is 0 Å². The number of nitrogens with zero attached hydrogens (tertiary/aromatic N) is 2. The summed E-state index contributed by atoms with van der Waals surface area (Å²) in [5.74, 6) is -3.44. The van der Waals surface area contributed by atoms with Crippen LogP contribution in [0.5, 0.6) is 0 Å². The van der Waals surface area contributed by atoms with Gasteiger partial charge in [0.1, 0.15) is 0 Å². The number of isocyanates is 2. The molecule has 0 aromatic heterocycles. The minimum absolute atomic E-state index is 0.0171. The highest BCUT2D eigenvalue weighted by Gasteiger charge is 2.21. The van der Waals surface area contributed by atoms with Crippen LogP contribution in [0, 0.1) is 5.92 Å². The molecule has 0 saturated carbocycles. The van der Waals surface area contributed by atoms with Crippen molar-refractivity contribution in [2.24, 2.45) is 15.9 Å². The number of carboxylic acid groups (broad SMARTS) is 2. The molecule has 0 spiro atoms. The first-order valence-corrected chi connectivity index (χ1v) is 5.28. The lowest BCUT2D eigenvalue weighted by atomic mass is 9.91. The molecule has 0 amide bonds. The third-order valence-electron chi connectivity index (χ3n) is 2.27. The van der Waals surface area contributed by atoms with Gasteiger partial charge < -0.3 is 10.2 Å². The lowest BCUT2D eigenvalue weighted by Crippen LogP contribution is -2.16. The Bertz CT molecular complexity index is 436. The van der Waals surface area contributed by atoms with Crippen molar-refractivity contribution in [3.05, 3.63) is 11.6 Å². The van der Waals surface area contributed by atoms with Gasteiger partial charge in [0.15, 0.2) is 0 Å². The standard InChI is InChI=1S/C11H12N2O6/c14-6-12-3-1-8(2-4-13-7-15)9(11(18)19)5-10(16)17/h5,8H,1-4H2,(H,16,17)(H,18,19). The molecular formula is C11H12N2O6. The molecule has 0 aromatic rings. The van der Waals surface area contributed by atoms with Gasteiger partial charge in [0.2, 0.25) is 12.2 Å². The zero-order valence-electron chi connectivity index (χ0n) is 9.90. The van der Waals surface area contributed by atoms with Gasteiger partial charge in [-0.2, -0.15) is 0 Å². The quantitative estimate of drug-likeness (QED) is 0.347. The van der Waals surface area contributed by atoms with Gasteiger partial charge in [-0.25, -0.2) is 29.2 Å². The molecule has 0 unspecified atom stereocenters. The normalized spacial score (nSPS) is 11.9. The summed E-state index contributed by atoms with van der Waals surface area (Å²) in [5.41, 5.74) is -0.324. The molecule has 0 saturated heterocycles. The molecule has 0 heterocycles. The van der Waals surface area contributed by atoms with E-state index >= 15 is 0 Å². The number of carbonyl (C=O) groups is 2. The molecule has 0 radical (unpaired) electrons. The van der Waals surface area contributed by atoms with Crippen LogP contribution in [0.15, 0.2) is 21.6 Å². The molecule has 2 N–H and O–H groups in total. The second kappa shape index (κ2) is 9.47. The summed E-state index contributed by atoms with van der Waals surface area (Å²) in [6.45, 7) is 0.0341. The second-order valence-electron chi connectivity index (χ2n) is 3.46. The SMILES string of the molecule is O=C=NCCC(CCN=C=O)C(=CC(=O)O)C(=O)O. The van der Waals surface area contributed by atoms with E-state index in [2.05, 4.69) is 9.98 Å². The fourth-order valence-corrected chi connectivity index (χ4v) is 1.47. The van der Waals surface area contributed by atoms with Crippen molar-refractivity contribution in [2.45, 2.75) is 12.8 Å². The molecule has 0 aliphatic heterocycles. The minimum Gasteiger partial charge on any atom is -0.478 e. The summed E-state index contributed by atoms with van der Waals surface area (Å²) in [6, 6.07) is 0. The van der Waals surface area contributed by atoms with Crippen molar-refractivity contribution in [2.75, 3.05) is 13.1 Å². The predicted molar refractivity (Wildman–Crippen MR) is 62.1 cm³/mol. The number of aliphatic carboxylic acids is 2. The van der Waals surface area contributed by atoms with E-state index in [4.69, 9.17) is 10.2 Å². The highest BCUT2D eigenvalue weighted by atomic mass is 16.4. The fourth-order valence-electron chi connectivity index (χ4n) is 1.47. The molecule has 8 heteroatoms. The van der Waals surface area contributed by atoms with Gasteiger partial charge in [-0.15, -0.1) is 0 Å². The zero-order valence-corrected chi connectivity index (χ0v) is 9.90. The van der Waals surface area contributed by atoms with Crippen molar-refractivity contribution in [1.29, 1.82) is 0 Å². The van der Waals surface area contributed by atoms with Gasteiger partial charge in [-0.1, -0.05) is 0 Å². The Balaban J connectivity index is 5.01. The fraction of sp³-hybridized carbons (Fsp3) is 0.455. The maximum absolute atomic E-state index is 11.0. The van der Waals surface area contributed by atoms with E-state index in [9.17, 15) is 19.2 Å². The Morgan fingerprint density at radius 3 is 1.84 bits per heavy atom. The highest BCUT2D eigenvalue weighted by Crippen LogP contribution is 2.20. The Morgan fingerprint density at radius 1 is 1.05 bits per heavy atom. The first-order chi connectivity index (χ1) is 9.02. The summed E-state index contributed by atoms with van der Waals surface area (Å²) in [7, 11) is 0. The van der Waals surface area contributed by atoms with E-state index in [1.54, 1.807) is 0 Å². The molecule has 0 fully saturated rings. The van der Waals surface area contributed by atoms with Crippen LogP contribution in [0.2, 0.25) is 0 Å². The van der Waals surface area contributed by atoms with E-state index in [1.165, 1.54) is 12.2 Å². The highest BCUT2D eigenvalue weighted by molar-refractivity contribution is 5.95. The second-order valence-corrected chi connectivity index (χ2v) is 3.46. The van der Waals surface area contributed by atoms with Gasteiger partial charge in [-0.3, -0.25) is 0 Å². The van der Waals surface area contributed by atoms with E-state index in [0.717, 1.165) is 0 Å². The van der Waals surface area contributed by atoms with Gasteiger partial charge in [-0.05, 0) is 18.8 Å². The smallest absolute Gasteiger partial charge is 0.332 e. The molecule has 0 aliphatic rings. The Labute approximate surface area is 108 Å². The summed E-state index contributed by atoms with van der Waals surface area (Å²) in [5, 5.41) is 17.6. The first kappa shape index (κ1) is 16.4. The monoisotopic (exact) mass is 268 g/mol. The van der Waals surface area contributed by atoms with Crippen LogP contribution >= 0.6 is 0 Å². The van der Waals surface area contributed by atoms with Crippen LogP contribution in [0.3, 0.4) is 0 Å². The third-order valence-corrected chi connectivity index (χ3v) is 2.27. The van der Waals surface area contributed by atoms with Crippen molar-refractivity contribution in [1.82, 2.24) is 0 Å².